The van der Waals surface area contributed by atoms with Gasteiger partial charge in [0.05, 0.1) is 0 Å². The predicted molar refractivity (Wildman–Crippen MR) is 58.3 cm³/mol. The van der Waals surface area contributed by atoms with Gasteiger partial charge in [-0.2, -0.15) is 0 Å². The zero-order valence-electron chi connectivity index (χ0n) is 8.58. The Hall–Kier alpha value is -0.180. The first-order chi connectivity index (χ1) is 6.22. The molecule has 2 nitrogen and oxygen atoms in total. The summed E-state index contributed by atoms with van der Waals surface area (Å²) >= 11 is 1.58. The third-order valence-corrected chi connectivity index (χ3v) is 3.42. The van der Waals surface area contributed by atoms with Gasteiger partial charge >= 0.3 is 5.97 Å². The van der Waals surface area contributed by atoms with E-state index in [0.717, 1.165) is 18.6 Å². The van der Waals surface area contributed by atoms with Gasteiger partial charge in [0.25, 0.3) is 0 Å². The highest BCUT2D eigenvalue weighted by Gasteiger charge is 2.14. The summed E-state index contributed by atoms with van der Waals surface area (Å²) in [6.45, 7) is 4.11. The van der Waals surface area contributed by atoms with Crippen molar-refractivity contribution in [3.8, 4) is 0 Å². The van der Waals surface area contributed by atoms with Gasteiger partial charge in [-0.1, -0.05) is 33.1 Å². The summed E-state index contributed by atoms with van der Waals surface area (Å²) in [5.74, 6) is 0.327. The van der Waals surface area contributed by atoms with Crippen molar-refractivity contribution < 1.29 is 9.90 Å². The van der Waals surface area contributed by atoms with Gasteiger partial charge in [0.1, 0.15) is 5.25 Å². The number of aliphatic carboxylic acids is 1. The second-order valence-electron chi connectivity index (χ2n) is 3.17. The maximum absolute atomic E-state index is 10.6. The third kappa shape index (κ3) is 6.94. The van der Waals surface area contributed by atoms with Crippen LogP contribution in [0.25, 0.3) is 0 Å². The van der Waals surface area contributed by atoms with E-state index in [0.29, 0.717) is 0 Å². The fourth-order valence-electron chi connectivity index (χ4n) is 1.12. The molecule has 0 amide bonds. The van der Waals surface area contributed by atoms with Crippen molar-refractivity contribution in [3.63, 3.8) is 0 Å². The lowest BCUT2D eigenvalue weighted by Gasteiger charge is -2.08. The first-order valence-electron chi connectivity index (χ1n) is 5.06. The quantitative estimate of drug-likeness (QED) is 0.617. The van der Waals surface area contributed by atoms with E-state index in [-0.39, 0.29) is 5.25 Å². The van der Waals surface area contributed by atoms with E-state index in [4.69, 9.17) is 5.11 Å². The van der Waals surface area contributed by atoms with E-state index in [9.17, 15) is 4.79 Å². The standard InChI is InChI=1S/C10H20O2S/c1-3-5-6-7-8-13-9(4-2)10(11)12/h9H,3-8H2,1-2H3,(H,11,12)/t9-/m1/s1. The van der Waals surface area contributed by atoms with Crippen molar-refractivity contribution in [2.75, 3.05) is 5.75 Å². The molecule has 3 heteroatoms. The van der Waals surface area contributed by atoms with Crippen LogP contribution in [-0.2, 0) is 4.79 Å². The molecule has 0 fully saturated rings. The first kappa shape index (κ1) is 12.8. The number of carboxylic acids is 1. The minimum Gasteiger partial charge on any atom is -0.480 e. The van der Waals surface area contributed by atoms with E-state index in [2.05, 4.69) is 6.92 Å². The number of carbonyl (C=O) groups is 1. The van der Waals surface area contributed by atoms with Gasteiger partial charge in [0, 0.05) is 0 Å². The highest BCUT2D eigenvalue weighted by atomic mass is 32.2. The second-order valence-corrected chi connectivity index (χ2v) is 4.48. The van der Waals surface area contributed by atoms with E-state index in [1.165, 1.54) is 19.3 Å². The predicted octanol–water partition coefficient (Wildman–Crippen LogP) is 3.16. The van der Waals surface area contributed by atoms with E-state index in [1.807, 2.05) is 6.92 Å². The number of hydrogen-bond donors (Lipinski definition) is 1. The Bertz CT molecular complexity index is 137. The van der Waals surface area contributed by atoms with Gasteiger partial charge < -0.3 is 5.11 Å². The molecule has 0 radical (unpaired) electrons. The number of thioether (sulfide) groups is 1. The summed E-state index contributed by atoms with van der Waals surface area (Å²) in [5.41, 5.74) is 0. The van der Waals surface area contributed by atoms with E-state index >= 15 is 0 Å². The van der Waals surface area contributed by atoms with Crippen LogP contribution in [-0.4, -0.2) is 22.1 Å². The van der Waals surface area contributed by atoms with Crippen LogP contribution in [0.15, 0.2) is 0 Å². The van der Waals surface area contributed by atoms with Crippen LogP contribution in [0.1, 0.15) is 46.0 Å². The average molecular weight is 204 g/mol. The summed E-state index contributed by atoms with van der Waals surface area (Å²) < 4.78 is 0. The van der Waals surface area contributed by atoms with Crippen molar-refractivity contribution >= 4 is 17.7 Å². The molecule has 0 rings (SSSR count). The summed E-state index contributed by atoms with van der Waals surface area (Å²) in [5, 5.41) is 8.56. The van der Waals surface area contributed by atoms with Gasteiger partial charge in [0.15, 0.2) is 0 Å². The Balaban J connectivity index is 3.33. The molecule has 0 aliphatic rings. The lowest BCUT2D eigenvalue weighted by Crippen LogP contribution is -2.15. The lowest BCUT2D eigenvalue weighted by atomic mass is 10.2. The van der Waals surface area contributed by atoms with Crippen molar-refractivity contribution in [1.82, 2.24) is 0 Å². The molecule has 0 aromatic carbocycles. The van der Waals surface area contributed by atoms with Gasteiger partial charge in [0.2, 0.25) is 0 Å². The number of hydrogen-bond acceptors (Lipinski definition) is 2. The van der Waals surface area contributed by atoms with Crippen molar-refractivity contribution in [2.24, 2.45) is 0 Å². The monoisotopic (exact) mass is 204 g/mol. The van der Waals surface area contributed by atoms with E-state index in [1.54, 1.807) is 11.8 Å². The van der Waals surface area contributed by atoms with Gasteiger partial charge in [-0.05, 0) is 18.6 Å². The maximum Gasteiger partial charge on any atom is 0.316 e. The molecular weight excluding hydrogens is 184 g/mol. The Morgan fingerprint density at radius 2 is 2.00 bits per heavy atom. The summed E-state index contributed by atoms with van der Waals surface area (Å²) in [7, 11) is 0. The van der Waals surface area contributed by atoms with Gasteiger partial charge in [-0.3, -0.25) is 4.79 Å². The molecule has 0 bridgehead atoms. The lowest BCUT2D eigenvalue weighted by molar-refractivity contribution is -0.136. The maximum atomic E-state index is 10.6. The second kappa shape index (κ2) is 8.42. The van der Waals surface area contributed by atoms with Crippen LogP contribution in [0, 0.1) is 0 Å². The first-order valence-corrected chi connectivity index (χ1v) is 6.11. The average Bonchev–Trinajstić information content (AvgIpc) is 2.10. The van der Waals surface area contributed by atoms with Crippen LogP contribution in [0.2, 0.25) is 0 Å². The largest absolute Gasteiger partial charge is 0.480 e. The molecule has 78 valence electrons. The van der Waals surface area contributed by atoms with Crippen LogP contribution in [0.4, 0.5) is 0 Å². The molecule has 0 saturated heterocycles. The molecule has 0 aliphatic heterocycles. The molecule has 0 saturated carbocycles. The summed E-state index contributed by atoms with van der Waals surface area (Å²) in [4.78, 5) is 10.6. The Kier molecular flexibility index (Phi) is 8.30. The smallest absolute Gasteiger partial charge is 0.316 e. The van der Waals surface area contributed by atoms with Crippen molar-refractivity contribution in [3.05, 3.63) is 0 Å². The Morgan fingerprint density at radius 3 is 2.46 bits per heavy atom. The molecule has 13 heavy (non-hydrogen) atoms. The normalized spacial score (nSPS) is 12.8. The summed E-state index contributed by atoms with van der Waals surface area (Å²) in [6.07, 6.45) is 5.63. The number of unbranched alkanes of at least 4 members (excludes halogenated alkanes) is 3. The molecule has 1 atom stereocenters. The topological polar surface area (TPSA) is 37.3 Å². The zero-order chi connectivity index (χ0) is 10.1. The van der Waals surface area contributed by atoms with Crippen LogP contribution in [0.3, 0.4) is 0 Å². The fourth-order valence-corrected chi connectivity index (χ4v) is 2.15. The molecule has 1 N–H and O–H groups in total. The number of rotatable bonds is 8. The molecule has 0 spiro atoms. The molecular formula is C10H20O2S. The van der Waals surface area contributed by atoms with Crippen LogP contribution in [0.5, 0.6) is 0 Å². The Morgan fingerprint density at radius 1 is 1.31 bits per heavy atom. The van der Waals surface area contributed by atoms with Crippen molar-refractivity contribution in [2.45, 2.75) is 51.2 Å². The zero-order valence-corrected chi connectivity index (χ0v) is 9.40. The third-order valence-electron chi connectivity index (χ3n) is 1.96. The highest BCUT2D eigenvalue weighted by molar-refractivity contribution is 8.00. The van der Waals surface area contributed by atoms with Crippen LogP contribution >= 0.6 is 11.8 Å². The minimum atomic E-state index is -0.664. The fraction of sp³-hybridized carbons (Fsp3) is 0.900. The molecule has 0 aliphatic carbocycles. The van der Waals surface area contributed by atoms with Crippen molar-refractivity contribution in [1.29, 1.82) is 0 Å². The Labute approximate surface area is 85.1 Å². The van der Waals surface area contributed by atoms with Gasteiger partial charge in [-0.15, -0.1) is 11.8 Å². The summed E-state index contributed by atoms with van der Waals surface area (Å²) in [6, 6.07) is 0. The minimum absolute atomic E-state index is 0.193. The highest BCUT2D eigenvalue weighted by Crippen LogP contribution is 2.17. The molecule has 0 aromatic rings. The van der Waals surface area contributed by atoms with Crippen LogP contribution < -0.4 is 0 Å². The molecule has 0 unspecified atom stereocenters. The number of carboxylic acid groups (broad SMARTS) is 1. The van der Waals surface area contributed by atoms with E-state index < -0.39 is 5.97 Å². The SMILES string of the molecule is CCCCCCS[C@H](CC)C(=O)O. The molecule has 0 aromatic heterocycles. The van der Waals surface area contributed by atoms with Gasteiger partial charge in [-0.25, -0.2) is 0 Å². The molecule has 0 heterocycles.